The minimum Gasteiger partial charge on any atom is -0.351 e. The van der Waals surface area contributed by atoms with Gasteiger partial charge >= 0.3 is 6.03 Å². The molecular weight excluding hydrogens is 254 g/mol. The van der Waals surface area contributed by atoms with Crippen molar-refractivity contribution < 1.29 is 9.59 Å². The van der Waals surface area contributed by atoms with Crippen LogP contribution in [-0.2, 0) is 11.3 Å². The number of nitrogens with zero attached hydrogens (tertiary/aromatic N) is 3. The van der Waals surface area contributed by atoms with Crippen molar-refractivity contribution in [1.29, 1.82) is 0 Å². The molecule has 1 aromatic rings. The molecule has 8 heteroatoms. The van der Waals surface area contributed by atoms with E-state index in [0.29, 0.717) is 12.3 Å². The van der Waals surface area contributed by atoms with Gasteiger partial charge in [-0.2, -0.15) is 0 Å². The highest BCUT2D eigenvalue weighted by Gasteiger charge is 2.09. The summed E-state index contributed by atoms with van der Waals surface area (Å²) in [5.41, 5.74) is 4.83. The quantitative estimate of drug-likeness (QED) is 0.576. The summed E-state index contributed by atoms with van der Waals surface area (Å²) in [6.07, 6.45) is 1.94. The molecule has 0 aliphatic heterocycles. The van der Waals surface area contributed by atoms with E-state index in [-0.39, 0.29) is 6.42 Å². The lowest BCUT2D eigenvalue weighted by molar-refractivity contribution is -0.119. The number of allylic oxidation sites excluding steroid dienone is 1. The molecule has 98 valence electrons. The molecule has 0 aromatic carbocycles. The maximum atomic E-state index is 11.2. The van der Waals surface area contributed by atoms with E-state index >= 15 is 0 Å². The second-order valence-electron chi connectivity index (χ2n) is 3.44. The van der Waals surface area contributed by atoms with Crippen LogP contribution >= 0.6 is 11.8 Å². The Morgan fingerprint density at radius 2 is 2.28 bits per heavy atom. The molecule has 0 saturated heterocycles. The molecule has 1 heterocycles. The maximum absolute atomic E-state index is 11.2. The standard InChI is InChI=1S/C10H15N5O2S/c1-3-5-15-7(2)13-14-10(15)18-6-4-8(16)12-9(11)17/h3H,1,4-6H2,2H3,(H3,11,12,16,17). The third-order valence-corrected chi connectivity index (χ3v) is 3.00. The molecule has 0 bridgehead atoms. The number of nitrogens with two attached hydrogens (primary N) is 1. The Bertz CT molecular complexity index is 457. The summed E-state index contributed by atoms with van der Waals surface area (Å²) in [6.45, 7) is 6.13. The number of thioether (sulfide) groups is 1. The Morgan fingerprint density at radius 3 is 2.89 bits per heavy atom. The fourth-order valence-electron chi connectivity index (χ4n) is 1.24. The first-order valence-electron chi connectivity index (χ1n) is 5.27. The van der Waals surface area contributed by atoms with Crippen LogP contribution < -0.4 is 11.1 Å². The summed E-state index contributed by atoms with van der Waals surface area (Å²) in [5.74, 6) is 0.884. The molecule has 0 radical (unpaired) electrons. The summed E-state index contributed by atoms with van der Waals surface area (Å²) >= 11 is 1.39. The lowest BCUT2D eigenvalue weighted by Gasteiger charge is -2.04. The highest BCUT2D eigenvalue weighted by Crippen LogP contribution is 2.17. The van der Waals surface area contributed by atoms with Gasteiger partial charge in [0.2, 0.25) is 5.91 Å². The molecular formula is C10H15N5O2S. The van der Waals surface area contributed by atoms with Gasteiger partial charge in [0.25, 0.3) is 0 Å². The molecule has 7 nitrogen and oxygen atoms in total. The summed E-state index contributed by atoms with van der Waals surface area (Å²) in [6, 6.07) is -0.837. The molecule has 3 amide bonds. The van der Waals surface area contributed by atoms with Crippen LogP contribution in [0.25, 0.3) is 0 Å². The van der Waals surface area contributed by atoms with Crippen molar-refractivity contribution >= 4 is 23.7 Å². The number of aromatic nitrogens is 3. The largest absolute Gasteiger partial charge is 0.351 e. The topological polar surface area (TPSA) is 103 Å². The number of primary amides is 1. The van der Waals surface area contributed by atoms with E-state index in [2.05, 4.69) is 16.8 Å². The van der Waals surface area contributed by atoms with Crippen molar-refractivity contribution in [1.82, 2.24) is 20.1 Å². The van der Waals surface area contributed by atoms with E-state index in [9.17, 15) is 9.59 Å². The van der Waals surface area contributed by atoms with Gasteiger partial charge in [-0.3, -0.25) is 10.1 Å². The second-order valence-corrected chi connectivity index (χ2v) is 4.50. The minimum atomic E-state index is -0.837. The van der Waals surface area contributed by atoms with Crippen LogP contribution in [0.4, 0.5) is 4.79 Å². The summed E-state index contributed by atoms with van der Waals surface area (Å²) in [4.78, 5) is 21.6. The van der Waals surface area contributed by atoms with Crippen LogP contribution in [0.15, 0.2) is 17.8 Å². The predicted molar refractivity (Wildman–Crippen MR) is 68.0 cm³/mol. The number of urea groups is 1. The smallest absolute Gasteiger partial charge is 0.318 e. The van der Waals surface area contributed by atoms with E-state index in [1.807, 2.05) is 16.8 Å². The van der Waals surface area contributed by atoms with Gasteiger partial charge in [-0.05, 0) is 6.92 Å². The molecule has 3 N–H and O–H groups in total. The lowest BCUT2D eigenvalue weighted by Crippen LogP contribution is -2.35. The Balaban J connectivity index is 2.46. The van der Waals surface area contributed by atoms with Crippen LogP contribution in [0, 0.1) is 6.92 Å². The fraction of sp³-hybridized carbons (Fsp3) is 0.400. The van der Waals surface area contributed by atoms with Gasteiger partial charge in [0, 0.05) is 18.7 Å². The molecule has 0 unspecified atom stereocenters. The Labute approximate surface area is 109 Å². The third-order valence-electron chi connectivity index (χ3n) is 2.04. The number of rotatable bonds is 6. The van der Waals surface area contributed by atoms with Crippen molar-refractivity contribution in [3.8, 4) is 0 Å². The number of nitrogens with one attached hydrogen (secondary N) is 1. The van der Waals surface area contributed by atoms with Gasteiger partial charge in [-0.1, -0.05) is 17.8 Å². The highest BCUT2D eigenvalue weighted by atomic mass is 32.2. The van der Waals surface area contributed by atoms with E-state index in [4.69, 9.17) is 5.73 Å². The lowest BCUT2D eigenvalue weighted by atomic mass is 10.4. The number of hydrogen-bond acceptors (Lipinski definition) is 5. The van der Waals surface area contributed by atoms with Crippen LogP contribution in [0.2, 0.25) is 0 Å². The zero-order chi connectivity index (χ0) is 13.5. The first-order chi connectivity index (χ1) is 8.54. The zero-order valence-electron chi connectivity index (χ0n) is 10.0. The molecule has 0 saturated carbocycles. The Hall–Kier alpha value is -1.83. The monoisotopic (exact) mass is 269 g/mol. The number of aryl methyl sites for hydroxylation is 1. The summed E-state index contributed by atoms with van der Waals surface area (Å²) in [7, 11) is 0. The first kappa shape index (κ1) is 14.2. The van der Waals surface area contributed by atoms with E-state index in [1.54, 1.807) is 6.08 Å². The minimum absolute atomic E-state index is 0.188. The maximum Gasteiger partial charge on any atom is 0.318 e. The van der Waals surface area contributed by atoms with Crippen molar-refractivity contribution in [2.75, 3.05) is 5.75 Å². The molecule has 0 fully saturated rings. The first-order valence-corrected chi connectivity index (χ1v) is 6.26. The molecule has 18 heavy (non-hydrogen) atoms. The van der Waals surface area contributed by atoms with Crippen molar-refractivity contribution in [3.05, 3.63) is 18.5 Å². The second kappa shape index (κ2) is 6.80. The average Bonchev–Trinajstić information content (AvgIpc) is 2.61. The number of hydrogen-bond donors (Lipinski definition) is 2. The SMILES string of the molecule is C=CCn1c(C)nnc1SCCC(=O)NC(N)=O. The van der Waals surface area contributed by atoms with Gasteiger partial charge in [-0.15, -0.1) is 16.8 Å². The van der Waals surface area contributed by atoms with Crippen LogP contribution in [0.1, 0.15) is 12.2 Å². The molecule has 0 spiro atoms. The van der Waals surface area contributed by atoms with Crippen LogP contribution in [0.5, 0.6) is 0 Å². The van der Waals surface area contributed by atoms with Crippen LogP contribution in [0.3, 0.4) is 0 Å². The molecule has 0 aliphatic carbocycles. The Morgan fingerprint density at radius 1 is 1.56 bits per heavy atom. The fourth-order valence-corrected chi connectivity index (χ4v) is 2.17. The Kier molecular flexibility index (Phi) is 5.37. The highest BCUT2D eigenvalue weighted by molar-refractivity contribution is 7.99. The van der Waals surface area contributed by atoms with Crippen molar-refractivity contribution in [2.24, 2.45) is 5.73 Å². The van der Waals surface area contributed by atoms with Gasteiger partial charge in [0.05, 0.1) is 0 Å². The number of carbonyl (C=O) groups is 2. The zero-order valence-corrected chi connectivity index (χ0v) is 10.9. The van der Waals surface area contributed by atoms with Gasteiger partial charge in [0.15, 0.2) is 5.16 Å². The van der Waals surface area contributed by atoms with E-state index in [0.717, 1.165) is 11.0 Å². The number of amides is 3. The molecule has 1 rings (SSSR count). The molecule has 0 aliphatic rings. The van der Waals surface area contributed by atoms with Crippen molar-refractivity contribution in [3.63, 3.8) is 0 Å². The summed E-state index contributed by atoms with van der Waals surface area (Å²) < 4.78 is 1.89. The third kappa shape index (κ3) is 4.21. The van der Waals surface area contributed by atoms with Crippen LogP contribution in [-0.4, -0.2) is 32.5 Å². The predicted octanol–water partition coefficient (Wildman–Crippen LogP) is 0.450. The molecule has 1 aromatic heterocycles. The number of carbonyl (C=O) groups excluding carboxylic acids is 2. The van der Waals surface area contributed by atoms with Crippen molar-refractivity contribution in [2.45, 2.75) is 25.0 Å². The van der Waals surface area contributed by atoms with Gasteiger partial charge < -0.3 is 10.3 Å². The van der Waals surface area contributed by atoms with Gasteiger partial charge in [-0.25, -0.2) is 4.79 Å². The average molecular weight is 269 g/mol. The number of imide groups is 1. The van der Waals surface area contributed by atoms with E-state index in [1.165, 1.54) is 11.8 Å². The molecule has 0 atom stereocenters. The summed E-state index contributed by atoms with van der Waals surface area (Å²) in [5, 5.41) is 10.7. The van der Waals surface area contributed by atoms with Gasteiger partial charge in [0.1, 0.15) is 5.82 Å². The normalized spacial score (nSPS) is 10.1. The van der Waals surface area contributed by atoms with E-state index < -0.39 is 11.9 Å².